The first-order valence-corrected chi connectivity index (χ1v) is 7.37. The van der Waals surface area contributed by atoms with Gasteiger partial charge in [0.25, 0.3) is 5.56 Å². The van der Waals surface area contributed by atoms with Crippen molar-refractivity contribution in [3.8, 4) is 0 Å². The van der Waals surface area contributed by atoms with Gasteiger partial charge < -0.3 is 10.7 Å². The van der Waals surface area contributed by atoms with Crippen LogP contribution >= 0.6 is 27.7 Å². The zero-order chi connectivity index (χ0) is 14.0. The van der Waals surface area contributed by atoms with Gasteiger partial charge in [0, 0.05) is 27.2 Å². The average molecular weight is 340 g/mol. The van der Waals surface area contributed by atoms with Crippen LogP contribution in [0, 0.1) is 6.92 Å². The molecule has 0 radical (unpaired) electrons. The third kappa shape index (κ3) is 3.68. The highest BCUT2D eigenvalue weighted by Gasteiger charge is 2.07. The minimum Gasteiger partial charge on any atom is -0.324 e. The number of aromatic amines is 1. The molecule has 1 atom stereocenters. The molecule has 3 N–H and O–H groups in total. The molecule has 1 unspecified atom stereocenters. The van der Waals surface area contributed by atoms with Gasteiger partial charge in [-0.1, -0.05) is 33.8 Å². The lowest BCUT2D eigenvalue weighted by atomic mass is 10.1. The first-order chi connectivity index (χ1) is 8.95. The molecule has 100 valence electrons. The van der Waals surface area contributed by atoms with E-state index in [2.05, 4.69) is 25.9 Å². The normalized spacial score (nSPS) is 12.4. The zero-order valence-corrected chi connectivity index (χ0v) is 13.0. The van der Waals surface area contributed by atoms with Crippen LogP contribution in [0.15, 0.2) is 43.6 Å². The fourth-order valence-corrected chi connectivity index (χ4v) is 3.42. The summed E-state index contributed by atoms with van der Waals surface area (Å²) in [6.07, 6.45) is 0. The van der Waals surface area contributed by atoms with Crippen molar-refractivity contribution < 1.29 is 0 Å². The first-order valence-electron chi connectivity index (χ1n) is 5.76. The summed E-state index contributed by atoms with van der Waals surface area (Å²) >= 11 is 4.92. The molecule has 0 saturated carbocycles. The topological polar surface area (TPSA) is 71.8 Å². The van der Waals surface area contributed by atoms with Crippen molar-refractivity contribution in [2.45, 2.75) is 29.9 Å². The van der Waals surface area contributed by atoms with E-state index in [4.69, 9.17) is 5.73 Å². The summed E-state index contributed by atoms with van der Waals surface area (Å²) < 4.78 is 0.961. The number of hydrogen-bond donors (Lipinski definition) is 2. The van der Waals surface area contributed by atoms with Gasteiger partial charge in [0.1, 0.15) is 0 Å². The molecule has 2 rings (SSSR count). The Kier molecular flexibility index (Phi) is 4.44. The number of nitrogens with zero attached hydrogens (tertiary/aromatic N) is 1. The van der Waals surface area contributed by atoms with E-state index in [9.17, 15) is 4.79 Å². The Bertz CT molecular complexity index is 655. The maximum absolute atomic E-state index is 11.4. The molecule has 6 heteroatoms. The fraction of sp³-hybridized carbons (Fsp3) is 0.231. The second kappa shape index (κ2) is 5.90. The molecule has 19 heavy (non-hydrogen) atoms. The van der Waals surface area contributed by atoms with Gasteiger partial charge in [0.2, 0.25) is 0 Å². The minimum atomic E-state index is -0.138. The summed E-state index contributed by atoms with van der Waals surface area (Å²) in [5.74, 6) is 0. The summed E-state index contributed by atoms with van der Waals surface area (Å²) in [5.41, 5.74) is 7.48. The van der Waals surface area contributed by atoms with Gasteiger partial charge >= 0.3 is 0 Å². The maximum atomic E-state index is 11.4. The molecule has 1 aromatic carbocycles. The van der Waals surface area contributed by atoms with Gasteiger partial charge in [-0.3, -0.25) is 4.79 Å². The summed E-state index contributed by atoms with van der Waals surface area (Å²) in [6.45, 7) is 3.74. The van der Waals surface area contributed by atoms with Crippen molar-refractivity contribution in [3.05, 3.63) is 50.3 Å². The van der Waals surface area contributed by atoms with E-state index in [0.717, 1.165) is 14.9 Å². The standard InChI is InChI=1S/C13H14BrN3OS/c1-7-5-12(18)17-13(16-7)19-9-3-4-10(8(2)15)11(14)6-9/h3-6,8H,15H2,1-2H3,(H,16,17,18). The summed E-state index contributed by atoms with van der Waals surface area (Å²) in [7, 11) is 0. The third-order valence-corrected chi connectivity index (χ3v) is 4.09. The molecular weight excluding hydrogens is 326 g/mol. The number of H-pyrrole nitrogens is 1. The number of benzene rings is 1. The Balaban J connectivity index is 2.29. The SMILES string of the molecule is Cc1cc(=O)[nH]c(Sc2ccc(C(C)N)c(Br)c2)n1. The van der Waals surface area contributed by atoms with Gasteiger partial charge in [-0.25, -0.2) is 4.98 Å². The quantitative estimate of drug-likeness (QED) is 0.843. The monoisotopic (exact) mass is 339 g/mol. The van der Waals surface area contributed by atoms with E-state index in [-0.39, 0.29) is 11.6 Å². The second-order valence-corrected chi connectivity index (χ2v) is 6.18. The lowest BCUT2D eigenvalue weighted by Gasteiger charge is -2.10. The molecule has 4 nitrogen and oxygen atoms in total. The van der Waals surface area contributed by atoms with Crippen LogP contribution in [0.4, 0.5) is 0 Å². The van der Waals surface area contributed by atoms with Crippen molar-refractivity contribution in [2.24, 2.45) is 5.73 Å². The highest BCUT2D eigenvalue weighted by Crippen LogP contribution is 2.30. The van der Waals surface area contributed by atoms with E-state index >= 15 is 0 Å². The minimum absolute atomic E-state index is 0.0228. The molecule has 0 saturated heterocycles. The van der Waals surface area contributed by atoms with Crippen molar-refractivity contribution in [2.75, 3.05) is 0 Å². The molecule has 0 aliphatic rings. The molecule has 0 spiro atoms. The largest absolute Gasteiger partial charge is 0.324 e. The van der Waals surface area contributed by atoms with Crippen LogP contribution in [0.2, 0.25) is 0 Å². The average Bonchev–Trinajstić information content (AvgIpc) is 2.26. The van der Waals surface area contributed by atoms with E-state index in [1.165, 1.54) is 17.8 Å². The van der Waals surface area contributed by atoms with Crippen molar-refractivity contribution >= 4 is 27.7 Å². The smallest absolute Gasteiger partial charge is 0.251 e. The van der Waals surface area contributed by atoms with Gasteiger partial charge in [-0.2, -0.15) is 0 Å². The number of aryl methyl sites for hydroxylation is 1. The van der Waals surface area contributed by atoms with E-state index < -0.39 is 0 Å². The first kappa shape index (κ1) is 14.3. The van der Waals surface area contributed by atoms with Crippen LogP contribution in [0.1, 0.15) is 24.2 Å². The van der Waals surface area contributed by atoms with Gasteiger partial charge in [0.15, 0.2) is 5.16 Å². The molecule has 0 aliphatic carbocycles. The Labute approximate surface area is 124 Å². The summed E-state index contributed by atoms with van der Waals surface area (Å²) in [5, 5.41) is 0.588. The number of halogens is 1. The van der Waals surface area contributed by atoms with Crippen LogP contribution < -0.4 is 11.3 Å². The van der Waals surface area contributed by atoms with Gasteiger partial charge in [0.05, 0.1) is 0 Å². The molecule has 0 amide bonds. The summed E-state index contributed by atoms with van der Waals surface area (Å²) in [4.78, 5) is 19.4. The predicted octanol–water partition coefficient (Wildman–Crippen LogP) is 3.01. The highest BCUT2D eigenvalue weighted by molar-refractivity contribution is 9.10. The lowest BCUT2D eigenvalue weighted by molar-refractivity contribution is 0.811. The fourth-order valence-electron chi connectivity index (χ4n) is 1.65. The van der Waals surface area contributed by atoms with Gasteiger partial charge in [-0.15, -0.1) is 0 Å². The van der Waals surface area contributed by atoms with E-state index in [1.54, 1.807) is 6.92 Å². The zero-order valence-electron chi connectivity index (χ0n) is 10.6. The maximum Gasteiger partial charge on any atom is 0.251 e. The van der Waals surface area contributed by atoms with E-state index in [0.29, 0.717) is 10.9 Å². The molecule has 1 aromatic heterocycles. The number of hydrogen-bond acceptors (Lipinski definition) is 4. The highest BCUT2D eigenvalue weighted by atomic mass is 79.9. The Morgan fingerprint density at radius 1 is 1.42 bits per heavy atom. The van der Waals surface area contributed by atoms with Crippen molar-refractivity contribution in [1.82, 2.24) is 9.97 Å². The van der Waals surface area contributed by atoms with Crippen LogP contribution in [-0.4, -0.2) is 9.97 Å². The molecule has 0 aliphatic heterocycles. The molecular formula is C13H14BrN3OS. The van der Waals surface area contributed by atoms with Crippen LogP contribution in [0.5, 0.6) is 0 Å². The van der Waals surface area contributed by atoms with Gasteiger partial charge in [-0.05, 0) is 31.5 Å². The Hall–Kier alpha value is -1.11. The second-order valence-electron chi connectivity index (χ2n) is 4.27. The number of nitrogens with one attached hydrogen (secondary N) is 1. The molecule has 1 heterocycles. The molecule has 0 bridgehead atoms. The lowest BCUT2D eigenvalue weighted by Crippen LogP contribution is -2.08. The Morgan fingerprint density at radius 2 is 2.16 bits per heavy atom. The number of nitrogens with two attached hydrogens (primary N) is 1. The molecule has 0 fully saturated rings. The molecule has 2 aromatic rings. The third-order valence-electron chi connectivity index (χ3n) is 2.53. The number of aromatic nitrogens is 2. The Morgan fingerprint density at radius 3 is 2.74 bits per heavy atom. The summed E-state index contributed by atoms with van der Waals surface area (Å²) in [6, 6.07) is 7.37. The van der Waals surface area contributed by atoms with Crippen molar-refractivity contribution in [1.29, 1.82) is 0 Å². The van der Waals surface area contributed by atoms with Crippen LogP contribution in [0.25, 0.3) is 0 Å². The van der Waals surface area contributed by atoms with Crippen LogP contribution in [0.3, 0.4) is 0 Å². The van der Waals surface area contributed by atoms with Crippen molar-refractivity contribution in [3.63, 3.8) is 0 Å². The predicted molar refractivity (Wildman–Crippen MR) is 80.5 cm³/mol. The van der Waals surface area contributed by atoms with Crippen LogP contribution in [-0.2, 0) is 0 Å². The van der Waals surface area contributed by atoms with E-state index in [1.807, 2.05) is 25.1 Å². The number of rotatable bonds is 3.